The van der Waals surface area contributed by atoms with E-state index in [1.807, 2.05) is 67.6 Å². The number of nitrogens with one attached hydrogen (secondary N) is 2. The van der Waals surface area contributed by atoms with Crippen LogP contribution in [0.25, 0.3) is 17.0 Å². The number of methoxy groups -OCH3 is 1. The normalized spacial score (nSPS) is 11.6. The number of carbonyl (C=O) groups is 4. The van der Waals surface area contributed by atoms with Crippen LogP contribution in [0.1, 0.15) is 32.7 Å². The molecule has 4 aromatic carbocycles. The number of pyridine rings is 1. The molecule has 0 fully saturated rings. The number of nitrogens with zero attached hydrogens (tertiary/aromatic N) is 2. The predicted molar refractivity (Wildman–Crippen MR) is 203 cm³/mol. The Morgan fingerprint density at radius 3 is 2.38 bits per heavy atom. The van der Waals surface area contributed by atoms with Crippen molar-refractivity contribution in [2.75, 3.05) is 25.6 Å². The molecule has 0 spiro atoms. The maximum atomic E-state index is 13.1. The largest absolute Gasteiger partial charge is 0.487 e. The topological polar surface area (TPSA) is 127 Å². The number of hydrogen-bond donors (Lipinski definition) is 2. The van der Waals surface area contributed by atoms with Gasteiger partial charge in [0.2, 0.25) is 11.8 Å². The molecule has 1 heterocycles. The third kappa shape index (κ3) is 9.54. The first-order valence-electron chi connectivity index (χ1n) is 16.2. The maximum absolute atomic E-state index is 13.1. The Hall–Kier alpha value is -5.71. The van der Waals surface area contributed by atoms with Crippen LogP contribution < -0.4 is 20.3 Å². The van der Waals surface area contributed by atoms with Crippen molar-refractivity contribution in [2.45, 2.75) is 26.0 Å². The minimum absolute atomic E-state index is 0.0394. The fraction of sp³-hybridized carbons (Fsp3) is 0.175. The van der Waals surface area contributed by atoms with Crippen molar-refractivity contribution in [3.8, 4) is 5.75 Å². The maximum Gasteiger partial charge on any atom is 0.328 e. The zero-order valence-electron chi connectivity index (χ0n) is 28.7. The van der Waals surface area contributed by atoms with E-state index in [0.717, 1.165) is 16.6 Å². The highest BCUT2D eigenvalue weighted by molar-refractivity contribution is 6.38. The summed E-state index contributed by atoms with van der Waals surface area (Å²) in [5.74, 6) is -1.34. The van der Waals surface area contributed by atoms with Gasteiger partial charge in [0.05, 0.1) is 24.4 Å². The Morgan fingerprint density at radius 1 is 0.904 bits per heavy atom. The molecular weight excluding hydrogens is 703 g/mol. The highest BCUT2D eigenvalue weighted by Gasteiger charge is 2.23. The van der Waals surface area contributed by atoms with Crippen molar-refractivity contribution >= 4 is 69.6 Å². The van der Waals surface area contributed by atoms with E-state index in [4.69, 9.17) is 32.7 Å². The smallest absolute Gasteiger partial charge is 0.328 e. The number of para-hydroxylation sites is 1. The average molecular weight is 740 g/mol. The lowest BCUT2D eigenvalue weighted by Gasteiger charge is -2.21. The van der Waals surface area contributed by atoms with Crippen LogP contribution in [-0.4, -0.2) is 55.4 Å². The molecule has 10 nitrogen and oxygen atoms in total. The van der Waals surface area contributed by atoms with Gasteiger partial charge in [-0.15, -0.1) is 0 Å². The number of aryl methyl sites for hydroxylation is 1. The molecule has 5 aromatic rings. The Balaban J connectivity index is 1.14. The van der Waals surface area contributed by atoms with Crippen molar-refractivity contribution in [3.05, 3.63) is 141 Å². The third-order valence-electron chi connectivity index (χ3n) is 8.18. The van der Waals surface area contributed by atoms with Crippen LogP contribution in [0.4, 0.5) is 5.69 Å². The molecule has 2 N–H and O–H groups in total. The van der Waals surface area contributed by atoms with Crippen molar-refractivity contribution in [1.82, 2.24) is 15.6 Å². The summed E-state index contributed by atoms with van der Waals surface area (Å²) in [6.07, 6.45) is 3.11. The number of esters is 1. The first kappa shape index (κ1) is 37.5. The number of rotatable bonds is 13. The lowest BCUT2D eigenvalue weighted by molar-refractivity contribution is -0.142. The predicted octanol–water partition coefficient (Wildman–Crippen LogP) is 6.74. The van der Waals surface area contributed by atoms with E-state index in [2.05, 4.69) is 15.6 Å². The van der Waals surface area contributed by atoms with E-state index in [-0.39, 0.29) is 24.6 Å². The molecule has 0 unspecified atom stereocenters. The summed E-state index contributed by atoms with van der Waals surface area (Å²) >= 11 is 13.2. The molecule has 0 aliphatic heterocycles. The number of ether oxygens (including phenoxy) is 2. The number of fused-ring (bicyclic) bond motifs is 1. The first-order chi connectivity index (χ1) is 25.0. The van der Waals surface area contributed by atoms with Gasteiger partial charge < -0.3 is 25.0 Å². The highest BCUT2D eigenvalue weighted by Crippen LogP contribution is 2.35. The van der Waals surface area contributed by atoms with Crippen LogP contribution in [0.3, 0.4) is 0 Å². The van der Waals surface area contributed by atoms with Gasteiger partial charge in [-0.1, -0.05) is 83.9 Å². The van der Waals surface area contributed by atoms with Gasteiger partial charge in [0.25, 0.3) is 5.91 Å². The van der Waals surface area contributed by atoms with Crippen molar-refractivity contribution in [1.29, 1.82) is 0 Å². The fourth-order valence-corrected chi connectivity index (χ4v) is 5.89. The molecule has 0 aliphatic carbocycles. The molecule has 0 aliphatic rings. The zero-order valence-corrected chi connectivity index (χ0v) is 30.2. The van der Waals surface area contributed by atoms with Crippen LogP contribution in [0.2, 0.25) is 10.0 Å². The second-order valence-electron chi connectivity index (χ2n) is 11.8. The van der Waals surface area contributed by atoms with E-state index in [9.17, 15) is 19.2 Å². The summed E-state index contributed by atoms with van der Waals surface area (Å²) in [6, 6.07) is 27.7. The molecule has 0 saturated carbocycles. The number of likely N-dealkylation sites (N-methyl/N-ethyl adjacent to an activating group) is 1. The number of halogens is 2. The summed E-state index contributed by atoms with van der Waals surface area (Å²) in [5, 5.41) is 6.85. The monoisotopic (exact) mass is 738 g/mol. The van der Waals surface area contributed by atoms with Crippen LogP contribution >= 0.6 is 23.2 Å². The van der Waals surface area contributed by atoms with E-state index in [1.165, 1.54) is 18.1 Å². The minimum Gasteiger partial charge on any atom is -0.487 e. The van der Waals surface area contributed by atoms with Crippen molar-refractivity contribution in [2.24, 2.45) is 0 Å². The molecule has 52 heavy (non-hydrogen) atoms. The second-order valence-corrected chi connectivity index (χ2v) is 12.6. The summed E-state index contributed by atoms with van der Waals surface area (Å²) in [4.78, 5) is 56.8. The number of anilines is 1. The lowest BCUT2D eigenvalue weighted by Crippen LogP contribution is -2.43. The summed E-state index contributed by atoms with van der Waals surface area (Å²) in [7, 11) is 2.82. The van der Waals surface area contributed by atoms with E-state index in [0.29, 0.717) is 38.7 Å². The molecule has 0 radical (unpaired) electrons. The Morgan fingerprint density at radius 2 is 1.65 bits per heavy atom. The standard InChI is InChI=1S/C40H36Cl2N4O6/c1-25-12-16-28-10-7-11-34(38(28)44-25)52-24-30-31(41)19-20-33(37(30)42)46(2)36(48)23-43-35(47)21-15-26-13-17-29(18-14-26)39(49)45-32(40(50)51-3)22-27-8-5-4-6-9-27/h4-21,32H,22-24H2,1-3H3,(H,43,47)(H,45,49)/t32-/m1/s1. The average Bonchev–Trinajstić information content (AvgIpc) is 3.15. The third-order valence-corrected chi connectivity index (χ3v) is 8.96. The SMILES string of the molecule is COC(=O)[C@@H](Cc1ccccc1)NC(=O)c1ccc(C=CC(=O)NCC(=O)N(C)c2ccc(Cl)c(COc3cccc4ccc(C)nc34)c2Cl)cc1. The number of aromatic nitrogens is 1. The van der Waals surface area contributed by atoms with Gasteiger partial charge >= 0.3 is 5.97 Å². The first-order valence-corrected chi connectivity index (χ1v) is 17.0. The molecule has 12 heteroatoms. The van der Waals surface area contributed by atoms with Gasteiger partial charge in [0.15, 0.2) is 0 Å². The van der Waals surface area contributed by atoms with Crippen LogP contribution in [0, 0.1) is 6.92 Å². The summed E-state index contributed by atoms with van der Waals surface area (Å²) in [5.41, 5.74) is 4.30. The number of carbonyl (C=O) groups excluding carboxylic acids is 4. The number of hydrogen-bond acceptors (Lipinski definition) is 7. The van der Waals surface area contributed by atoms with Gasteiger partial charge in [0.1, 0.15) is 23.9 Å². The lowest BCUT2D eigenvalue weighted by atomic mass is 10.0. The van der Waals surface area contributed by atoms with E-state index < -0.39 is 29.7 Å². The molecule has 3 amide bonds. The number of amides is 3. The fourth-order valence-electron chi connectivity index (χ4n) is 5.28. The molecule has 0 saturated heterocycles. The number of benzene rings is 4. The van der Waals surface area contributed by atoms with E-state index in [1.54, 1.807) is 49.5 Å². The molecule has 5 rings (SSSR count). The molecular formula is C40H36Cl2N4O6. The Kier molecular flexibility index (Phi) is 12.6. The molecule has 266 valence electrons. The van der Waals surface area contributed by atoms with Gasteiger partial charge in [-0.25, -0.2) is 9.78 Å². The van der Waals surface area contributed by atoms with Crippen LogP contribution in [-0.2, 0) is 32.1 Å². The minimum atomic E-state index is -0.861. The van der Waals surface area contributed by atoms with Gasteiger partial charge in [-0.05, 0) is 60.5 Å². The summed E-state index contributed by atoms with van der Waals surface area (Å²) < 4.78 is 11.0. The zero-order chi connectivity index (χ0) is 37.2. The Labute approximate surface area is 311 Å². The van der Waals surface area contributed by atoms with Crippen LogP contribution in [0.15, 0.2) is 103 Å². The van der Waals surface area contributed by atoms with Gasteiger partial charge in [0, 0.05) is 46.8 Å². The van der Waals surface area contributed by atoms with Crippen molar-refractivity contribution < 1.29 is 28.7 Å². The van der Waals surface area contributed by atoms with Gasteiger partial charge in [-0.3, -0.25) is 14.4 Å². The van der Waals surface area contributed by atoms with E-state index >= 15 is 0 Å². The molecule has 0 bridgehead atoms. The van der Waals surface area contributed by atoms with Crippen molar-refractivity contribution in [3.63, 3.8) is 0 Å². The highest BCUT2D eigenvalue weighted by atomic mass is 35.5. The van der Waals surface area contributed by atoms with Gasteiger partial charge in [-0.2, -0.15) is 0 Å². The second kappa shape index (κ2) is 17.5. The molecule has 1 aromatic heterocycles. The van der Waals surface area contributed by atoms with Crippen LogP contribution in [0.5, 0.6) is 5.75 Å². The quantitative estimate of drug-likeness (QED) is 0.101. The Bertz CT molecular complexity index is 2120. The summed E-state index contributed by atoms with van der Waals surface area (Å²) in [6.45, 7) is 1.65. The molecule has 1 atom stereocenters.